The minimum atomic E-state index is -1.95. The highest BCUT2D eigenvalue weighted by Gasteiger charge is 2.55. The summed E-state index contributed by atoms with van der Waals surface area (Å²) in [6.45, 7) is 1.82. The van der Waals surface area contributed by atoms with Gasteiger partial charge in [0.25, 0.3) is 11.8 Å². The normalized spacial score (nSPS) is 21.2. The van der Waals surface area contributed by atoms with E-state index in [4.69, 9.17) is 15.7 Å². The number of phenols is 2. The van der Waals surface area contributed by atoms with Crippen molar-refractivity contribution in [2.45, 2.75) is 62.2 Å². The van der Waals surface area contributed by atoms with Crippen LogP contribution in [0.1, 0.15) is 49.4 Å². The molecule has 0 bridgehead atoms. The van der Waals surface area contributed by atoms with Crippen LogP contribution in [0.15, 0.2) is 44.9 Å². The van der Waals surface area contributed by atoms with Crippen molar-refractivity contribution in [1.29, 1.82) is 0 Å². The monoisotopic (exact) mass is 798 g/mol. The van der Waals surface area contributed by atoms with Crippen LogP contribution in [-0.4, -0.2) is 123 Å². The summed E-state index contributed by atoms with van der Waals surface area (Å²) in [5.41, 5.74) is 6.02. The topological polar surface area (TPSA) is 284 Å². The average molecular weight is 799 g/mol. The van der Waals surface area contributed by atoms with Gasteiger partial charge in [-0.1, -0.05) is 5.16 Å². The van der Waals surface area contributed by atoms with Crippen LogP contribution in [0.4, 0.5) is 5.13 Å². The number of fused-ring (bicyclic) bond motifs is 2. The Morgan fingerprint density at radius 2 is 1.78 bits per heavy atom. The zero-order valence-corrected chi connectivity index (χ0v) is 30.5. The number of nitrogens with one attached hydrogen (secondary N) is 1. The predicted molar refractivity (Wildman–Crippen MR) is 195 cm³/mol. The first-order chi connectivity index (χ1) is 26.2. The number of nitrogen functional groups attached to an aromatic ring is 1. The number of rotatable bonds is 14. The number of hydrogen-bond acceptors (Lipinski definition) is 14. The third-order valence-corrected chi connectivity index (χ3v) is 12.1. The first-order valence-corrected chi connectivity index (χ1v) is 19.1. The first-order valence-electron chi connectivity index (χ1n) is 17.2. The number of thiazole rings is 1. The summed E-state index contributed by atoms with van der Waals surface area (Å²) in [7, 11) is 0. The number of benzene rings is 1. The molecule has 21 heteroatoms. The molecule has 0 spiro atoms. The number of quaternary nitrogens is 1. The Morgan fingerprint density at radius 3 is 2.40 bits per heavy atom. The van der Waals surface area contributed by atoms with E-state index in [9.17, 15) is 49.2 Å². The molecule has 1 saturated carbocycles. The summed E-state index contributed by atoms with van der Waals surface area (Å²) in [6.07, 6.45) is 2.36. The molecule has 19 nitrogen and oxygen atoms in total. The molecule has 4 aliphatic rings. The van der Waals surface area contributed by atoms with E-state index < -0.39 is 65.1 Å². The third kappa shape index (κ3) is 7.29. The van der Waals surface area contributed by atoms with Gasteiger partial charge in [-0.3, -0.25) is 24.1 Å². The molecule has 1 aliphatic carbocycles. The molecule has 2 amide bonds. The number of β-lactam (4-membered cyclic amide) rings is 1. The van der Waals surface area contributed by atoms with Gasteiger partial charge >= 0.3 is 17.9 Å². The van der Waals surface area contributed by atoms with E-state index in [0.29, 0.717) is 34.2 Å². The molecule has 3 fully saturated rings. The second-order valence-corrected chi connectivity index (χ2v) is 15.9. The van der Waals surface area contributed by atoms with Crippen LogP contribution < -0.4 is 16.5 Å². The third-order valence-electron chi connectivity index (χ3n) is 10.1. The first kappa shape index (κ1) is 37.6. The van der Waals surface area contributed by atoms with E-state index >= 15 is 0 Å². The molecule has 8 N–H and O–H groups in total. The number of aromatic nitrogens is 2. The highest BCUT2D eigenvalue weighted by molar-refractivity contribution is 8.00. The van der Waals surface area contributed by atoms with Crippen molar-refractivity contribution < 1.29 is 58.8 Å². The minimum absolute atomic E-state index is 0.0283. The van der Waals surface area contributed by atoms with Crippen LogP contribution in [0, 0.1) is 0 Å². The van der Waals surface area contributed by atoms with E-state index in [-0.39, 0.29) is 58.0 Å². The van der Waals surface area contributed by atoms with Gasteiger partial charge in [0.2, 0.25) is 6.10 Å². The summed E-state index contributed by atoms with van der Waals surface area (Å²) in [6, 6.07) is 1.59. The van der Waals surface area contributed by atoms with Gasteiger partial charge in [0.1, 0.15) is 35.9 Å². The highest BCUT2D eigenvalue weighted by atomic mass is 32.2. The lowest BCUT2D eigenvalue weighted by Crippen LogP contribution is -2.71. The Hall–Kier alpha value is -5.67. The van der Waals surface area contributed by atoms with Crippen LogP contribution >= 0.6 is 23.1 Å². The van der Waals surface area contributed by atoms with E-state index in [1.807, 2.05) is 4.57 Å². The summed E-state index contributed by atoms with van der Waals surface area (Å²) >= 11 is 2.17. The molecule has 55 heavy (non-hydrogen) atoms. The fraction of sp³-hybridized carbons (Fsp3) is 0.412. The Balaban J connectivity index is 1.14. The van der Waals surface area contributed by atoms with Gasteiger partial charge in [-0.25, -0.2) is 14.6 Å². The van der Waals surface area contributed by atoms with Crippen molar-refractivity contribution in [3.05, 3.63) is 56.5 Å². The molecule has 290 valence electrons. The molecular formula is C34H36N7O12S2+. The number of thioether (sulfide) groups is 1. The van der Waals surface area contributed by atoms with Crippen molar-refractivity contribution in [3.8, 4) is 11.5 Å². The highest BCUT2D eigenvalue weighted by Crippen LogP contribution is 2.43. The molecule has 0 unspecified atom stereocenters. The Morgan fingerprint density at radius 1 is 1.07 bits per heavy atom. The van der Waals surface area contributed by atoms with Gasteiger partial charge in [-0.05, 0) is 18.9 Å². The van der Waals surface area contributed by atoms with Gasteiger partial charge in [0.15, 0.2) is 27.8 Å². The van der Waals surface area contributed by atoms with E-state index in [2.05, 4.69) is 15.5 Å². The number of pyridine rings is 1. The molecule has 3 atom stereocenters. The summed E-state index contributed by atoms with van der Waals surface area (Å²) in [5.74, 6) is -6.74. The molecule has 7 rings (SSSR count). The zero-order chi connectivity index (χ0) is 39.3. The number of oxime groups is 1. The number of carbonyl (C=O) groups excluding carboxylic acids is 2. The summed E-state index contributed by atoms with van der Waals surface area (Å²) < 4.78 is 2.32. The quantitative estimate of drug-likeness (QED) is 0.0394. The van der Waals surface area contributed by atoms with E-state index in [1.165, 1.54) is 29.3 Å². The number of nitrogens with two attached hydrogens (primary N) is 1. The van der Waals surface area contributed by atoms with Crippen LogP contribution in [0.3, 0.4) is 0 Å². The molecule has 1 aromatic carbocycles. The van der Waals surface area contributed by atoms with E-state index in [0.717, 1.165) is 41.9 Å². The smallest absolute Gasteiger partial charge is 0.352 e. The number of carboxylic acids is 3. The van der Waals surface area contributed by atoms with Crippen molar-refractivity contribution in [1.82, 2.24) is 19.8 Å². The Bertz CT molecular complexity index is 2260. The van der Waals surface area contributed by atoms with E-state index in [1.54, 1.807) is 6.20 Å². The van der Waals surface area contributed by atoms with Gasteiger partial charge in [-0.2, -0.15) is 0 Å². The van der Waals surface area contributed by atoms with Gasteiger partial charge < -0.3 is 50.5 Å². The number of amides is 2. The fourth-order valence-corrected chi connectivity index (χ4v) is 9.29. The van der Waals surface area contributed by atoms with Crippen molar-refractivity contribution in [3.63, 3.8) is 0 Å². The number of aromatic hydroxyl groups is 2. The van der Waals surface area contributed by atoms with Crippen molar-refractivity contribution >= 4 is 74.6 Å². The molecule has 3 aliphatic heterocycles. The minimum Gasteiger partial charge on any atom is -0.504 e. The van der Waals surface area contributed by atoms with Crippen LogP contribution in [0.5, 0.6) is 11.5 Å². The average Bonchev–Trinajstić information content (AvgIpc) is 3.73. The largest absolute Gasteiger partial charge is 0.504 e. The Labute approximate surface area is 318 Å². The maximum Gasteiger partial charge on any atom is 0.352 e. The fourth-order valence-electron chi connectivity index (χ4n) is 7.40. The lowest BCUT2D eigenvalue weighted by atomic mass is 10.0. The lowest BCUT2D eigenvalue weighted by Gasteiger charge is -2.50. The van der Waals surface area contributed by atoms with Crippen LogP contribution in [-0.2, 0) is 35.4 Å². The Kier molecular flexibility index (Phi) is 9.94. The molecule has 2 aromatic heterocycles. The standard InChI is InChI=1S/C34H35N7O12S2/c35-34-36-19(14-55-34)25(38-53-23(32(49)50)9-24(44)45)29(47)37-26-30(48)40-27(33(51)52)16(13-54-31(26)40)12-41(5-1-2-6-41)11-15-10-39(17-3-4-17)20-8-22(43)21(42)7-18(20)28(15)46/h7-8,10,14,17,23,26,31H,1-6,9,11-13H2,(H7-,35,36,37,38,42,43,44,45,46,47,49,50,51,52)/p+1/t23-,26+,31+/m0/s1. The number of anilines is 1. The summed E-state index contributed by atoms with van der Waals surface area (Å²) in [4.78, 5) is 86.4. The van der Waals surface area contributed by atoms with Gasteiger partial charge in [0.05, 0.1) is 36.0 Å². The van der Waals surface area contributed by atoms with Crippen LogP contribution in [0.25, 0.3) is 10.9 Å². The number of likely N-dealkylation sites (tertiary alicyclic amines) is 1. The number of hydrogen-bond donors (Lipinski definition) is 7. The molecular weight excluding hydrogens is 763 g/mol. The van der Waals surface area contributed by atoms with Crippen molar-refractivity contribution in [2.24, 2.45) is 5.16 Å². The number of aliphatic carboxylic acids is 3. The number of carbonyl (C=O) groups is 5. The van der Waals surface area contributed by atoms with Gasteiger partial charge in [-0.15, -0.1) is 23.1 Å². The lowest BCUT2D eigenvalue weighted by molar-refractivity contribution is -0.925. The number of carboxylic acid groups (broad SMARTS) is 3. The predicted octanol–water partition coefficient (Wildman–Crippen LogP) is 0.984. The van der Waals surface area contributed by atoms with Crippen molar-refractivity contribution in [2.75, 3.05) is 31.1 Å². The molecule has 3 aromatic rings. The maximum absolute atomic E-state index is 13.9. The molecule has 0 radical (unpaired) electrons. The zero-order valence-electron chi connectivity index (χ0n) is 28.9. The maximum atomic E-state index is 13.9. The molecule has 5 heterocycles. The number of nitrogens with zero attached hydrogens (tertiary/aromatic N) is 5. The van der Waals surface area contributed by atoms with Crippen LogP contribution in [0.2, 0.25) is 0 Å². The molecule has 2 saturated heterocycles. The summed E-state index contributed by atoms with van der Waals surface area (Å²) in [5, 5.41) is 56.2. The SMILES string of the molecule is Nc1nc(/C(=N/O[C@@H](CC(=O)O)C(=O)O)C(=O)N[C@@H]2C(=O)N3C(C(=O)O)=C(C[N+]4(Cc5cn(C6CC6)c6cc(O)c(O)cc6c5=O)CCCC4)CS[C@H]23)cs1. The second-order valence-electron chi connectivity index (χ2n) is 14.0. The number of phenolic OH excluding ortho intramolecular Hbond substituents is 2. The second kappa shape index (κ2) is 14.5. The van der Waals surface area contributed by atoms with Gasteiger partial charge in [0, 0.05) is 47.9 Å².